The molecule has 1 aliphatic rings. The van der Waals surface area contributed by atoms with Crippen LogP contribution in [-0.2, 0) is 14.8 Å². The number of likely N-dealkylation sites (N-methyl/N-ethyl adjacent to an activating group) is 1. The average Bonchev–Trinajstić information content (AvgIpc) is 2.29. The van der Waals surface area contributed by atoms with Crippen LogP contribution in [0.25, 0.3) is 0 Å². The van der Waals surface area contributed by atoms with E-state index in [0.717, 1.165) is 6.42 Å². The van der Waals surface area contributed by atoms with Crippen molar-refractivity contribution in [2.75, 3.05) is 18.8 Å². The SMILES string of the molecule is CCC(C)CS(=O)(=O)NC1CC(N(CC)CC(=O)O)C1. The Balaban J connectivity index is 2.39. The maximum absolute atomic E-state index is 11.9. The van der Waals surface area contributed by atoms with E-state index >= 15 is 0 Å². The molecular weight excluding hydrogens is 280 g/mol. The van der Waals surface area contributed by atoms with Crippen LogP contribution in [-0.4, -0.2) is 55.3 Å². The summed E-state index contributed by atoms with van der Waals surface area (Å²) in [5.41, 5.74) is 0. The fourth-order valence-electron chi connectivity index (χ4n) is 2.45. The zero-order valence-electron chi connectivity index (χ0n) is 12.5. The summed E-state index contributed by atoms with van der Waals surface area (Å²) in [7, 11) is -3.22. The fourth-order valence-corrected chi connectivity index (χ4v) is 4.23. The van der Waals surface area contributed by atoms with Gasteiger partial charge >= 0.3 is 5.97 Å². The zero-order chi connectivity index (χ0) is 15.3. The Kier molecular flexibility index (Phi) is 6.42. The second kappa shape index (κ2) is 7.38. The molecule has 6 nitrogen and oxygen atoms in total. The first kappa shape index (κ1) is 17.4. The number of carbonyl (C=O) groups is 1. The lowest BCUT2D eigenvalue weighted by atomic mass is 9.86. The van der Waals surface area contributed by atoms with E-state index in [4.69, 9.17) is 5.11 Å². The molecule has 20 heavy (non-hydrogen) atoms. The predicted molar refractivity (Wildman–Crippen MR) is 78.1 cm³/mol. The minimum atomic E-state index is -3.22. The summed E-state index contributed by atoms with van der Waals surface area (Å²) in [6, 6.07) is 0.129. The third-order valence-electron chi connectivity index (χ3n) is 3.92. The molecule has 1 fully saturated rings. The molecule has 2 N–H and O–H groups in total. The van der Waals surface area contributed by atoms with Gasteiger partial charge in [-0.1, -0.05) is 27.2 Å². The summed E-state index contributed by atoms with van der Waals surface area (Å²) in [5.74, 6) is -0.521. The van der Waals surface area contributed by atoms with Gasteiger partial charge in [0.15, 0.2) is 0 Å². The number of hydrogen-bond donors (Lipinski definition) is 2. The molecule has 7 heteroatoms. The van der Waals surface area contributed by atoms with Crippen molar-refractivity contribution in [2.24, 2.45) is 5.92 Å². The standard InChI is InChI=1S/C13H26N2O4S/c1-4-10(3)9-20(18,19)14-11-6-12(7-11)15(5-2)8-13(16)17/h10-12,14H,4-9H2,1-3H3,(H,16,17). The largest absolute Gasteiger partial charge is 0.480 e. The van der Waals surface area contributed by atoms with Crippen molar-refractivity contribution in [3.05, 3.63) is 0 Å². The van der Waals surface area contributed by atoms with Gasteiger partial charge in [-0.3, -0.25) is 9.69 Å². The minimum Gasteiger partial charge on any atom is -0.480 e. The van der Waals surface area contributed by atoms with Crippen LogP contribution in [0.15, 0.2) is 0 Å². The highest BCUT2D eigenvalue weighted by molar-refractivity contribution is 7.89. The first-order valence-corrected chi connectivity index (χ1v) is 8.88. The highest BCUT2D eigenvalue weighted by Crippen LogP contribution is 2.26. The lowest BCUT2D eigenvalue weighted by molar-refractivity contribution is -0.139. The Morgan fingerprint density at radius 2 is 2.00 bits per heavy atom. The molecule has 118 valence electrons. The number of carboxylic acid groups (broad SMARTS) is 1. The summed E-state index contributed by atoms with van der Waals surface area (Å²) in [4.78, 5) is 12.6. The second-order valence-electron chi connectivity index (χ2n) is 5.69. The number of hydrogen-bond acceptors (Lipinski definition) is 4. The third-order valence-corrected chi connectivity index (χ3v) is 5.62. The van der Waals surface area contributed by atoms with Gasteiger partial charge in [-0.2, -0.15) is 0 Å². The number of nitrogens with one attached hydrogen (secondary N) is 1. The van der Waals surface area contributed by atoms with Crippen LogP contribution >= 0.6 is 0 Å². The van der Waals surface area contributed by atoms with E-state index in [-0.39, 0.29) is 30.3 Å². The second-order valence-corrected chi connectivity index (χ2v) is 7.49. The maximum Gasteiger partial charge on any atom is 0.317 e. The number of sulfonamides is 1. The van der Waals surface area contributed by atoms with Crippen molar-refractivity contribution >= 4 is 16.0 Å². The summed E-state index contributed by atoms with van der Waals surface area (Å²) in [5, 5.41) is 8.81. The molecule has 0 spiro atoms. The molecule has 0 aromatic rings. The molecule has 0 aliphatic heterocycles. The van der Waals surface area contributed by atoms with E-state index in [9.17, 15) is 13.2 Å². The molecule has 0 bridgehead atoms. The Morgan fingerprint density at radius 1 is 1.40 bits per heavy atom. The highest BCUT2D eigenvalue weighted by atomic mass is 32.2. The van der Waals surface area contributed by atoms with Crippen LogP contribution in [0.5, 0.6) is 0 Å². The van der Waals surface area contributed by atoms with Crippen molar-refractivity contribution in [2.45, 2.75) is 52.1 Å². The number of aliphatic carboxylic acids is 1. The lowest BCUT2D eigenvalue weighted by Crippen LogP contribution is -2.55. The first-order valence-electron chi connectivity index (χ1n) is 7.23. The monoisotopic (exact) mass is 306 g/mol. The summed E-state index contributed by atoms with van der Waals surface area (Å²) >= 11 is 0. The third kappa shape index (κ3) is 5.38. The van der Waals surface area contributed by atoms with Gasteiger partial charge in [-0.05, 0) is 25.3 Å². The van der Waals surface area contributed by atoms with Crippen molar-refractivity contribution in [3.8, 4) is 0 Å². The van der Waals surface area contributed by atoms with E-state index in [1.54, 1.807) is 0 Å². The number of nitrogens with zero attached hydrogens (tertiary/aromatic N) is 1. The molecule has 0 aromatic carbocycles. The molecule has 1 atom stereocenters. The quantitative estimate of drug-likeness (QED) is 0.660. The average molecular weight is 306 g/mol. The van der Waals surface area contributed by atoms with Gasteiger partial charge in [0.1, 0.15) is 0 Å². The predicted octanol–water partition coefficient (Wildman–Crippen LogP) is 0.889. The minimum absolute atomic E-state index is 0.0213. The molecule has 0 amide bonds. The van der Waals surface area contributed by atoms with Crippen molar-refractivity contribution in [1.82, 2.24) is 9.62 Å². The van der Waals surface area contributed by atoms with Crippen molar-refractivity contribution < 1.29 is 18.3 Å². The van der Waals surface area contributed by atoms with Crippen LogP contribution in [0.4, 0.5) is 0 Å². The summed E-state index contributed by atoms with van der Waals surface area (Å²) < 4.78 is 26.5. The van der Waals surface area contributed by atoms with Crippen LogP contribution in [0, 0.1) is 5.92 Å². The van der Waals surface area contributed by atoms with Crippen molar-refractivity contribution in [1.29, 1.82) is 0 Å². The maximum atomic E-state index is 11.9. The molecule has 1 aliphatic carbocycles. The van der Waals surface area contributed by atoms with E-state index in [1.165, 1.54) is 0 Å². The molecule has 1 unspecified atom stereocenters. The lowest BCUT2D eigenvalue weighted by Gasteiger charge is -2.42. The molecular formula is C13H26N2O4S. The molecule has 0 radical (unpaired) electrons. The Hall–Kier alpha value is -0.660. The van der Waals surface area contributed by atoms with Crippen LogP contribution in [0.2, 0.25) is 0 Å². The molecule has 0 aromatic heterocycles. The van der Waals surface area contributed by atoms with E-state index in [1.807, 2.05) is 25.7 Å². The van der Waals surface area contributed by atoms with E-state index in [2.05, 4.69) is 4.72 Å². The fraction of sp³-hybridized carbons (Fsp3) is 0.923. The Bertz CT molecular complexity index is 418. The number of rotatable bonds is 9. The van der Waals surface area contributed by atoms with Crippen molar-refractivity contribution in [3.63, 3.8) is 0 Å². The number of carboxylic acids is 1. The molecule has 0 saturated heterocycles. The summed E-state index contributed by atoms with van der Waals surface area (Å²) in [6.45, 7) is 6.51. The topological polar surface area (TPSA) is 86.7 Å². The normalized spacial score (nSPS) is 24.4. The Morgan fingerprint density at radius 3 is 2.45 bits per heavy atom. The van der Waals surface area contributed by atoms with Gasteiger partial charge in [0.2, 0.25) is 10.0 Å². The van der Waals surface area contributed by atoms with Gasteiger partial charge < -0.3 is 5.11 Å². The zero-order valence-corrected chi connectivity index (χ0v) is 13.3. The van der Waals surface area contributed by atoms with Gasteiger partial charge in [0.25, 0.3) is 0 Å². The highest BCUT2D eigenvalue weighted by Gasteiger charge is 2.36. The van der Waals surface area contributed by atoms with Gasteiger partial charge in [-0.15, -0.1) is 0 Å². The first-order chi connectivity index (χ1) is 9.27. The van der Waals surface area contributed by atoms with Gasteiger partial charge in [-0.25, -0.2) is 13.1 Å². The van der Waals surface area contributed by atoms with Crippen LogP contribution in [0.1, 0.15) is 40.0 Å². The van der Waals surface area contributed by atoms with Crippen LogP contribution in [0.3, 0.4) is 0 Å². The van der Waals surface area contributed by atoms with Gasteiger partial charge in [0.05, 0.1) is 12.3 Å². The van der Waals surface area contributed by atoms with Crippen LogP contribution < -0.4 is 4.72 Å². The molecule has 0 heterocycles. The smallest absolute Gasteiger partial charge is 0.317 e. The summed E-state index contributed by atoms with van der Waals surface area (Å²) in [6.07, 6.45) is 2.23. The Labute approximate surface area is 121 Å². The van der Waals surface area contributed by atoms with E-state index < -0.39 is 16.0 Å². The molecule has 1 rings (SSSR count). The van der Waals surface area contributed by atoms with E-state index in [0.29, 0.717) is 19.4 Å². The molecule has 1 saturated carbocycles. The van der Waals surface area contributed by atoms with Gasteiger partial charge in [0, 0.05) is 12.1 Å².